The Morgan fingerprint density at radius 2 is 2.07 bits per heavy atom. The summed E-state index contributed by atoms with van der Waals surface area (Å²) in [5, 5.41) is 0. The van der Waals surface area contributed by atoms with Crippen LogP contribution in [0.1, 0.15) is 5.69 Å². The second-order valence-electron chi connectivity index (χ2n) is 3.21. The van der Waals surface area contributed by atoms with Crippen molar-refractivity contribution in [2.45, 2.75) is 6.92 Å². The van der Waals surface area contributed by atoms with E-state index in [4.69, 9.17) is 4.74 Å². The molecule has 78 valence electrons. The van der Waals surface area contributed by atoms with E-state index in [0.29, 0.717) is 5.75 Å². The van der Waals surface area contributed by atoms with Gasteiger partial charge in [0.2, 0.25) is 0 Å². The second-order valence-corrected chi connectivity index (χ2v) is 4.02. The molecular formula is C11H10FNOS. The number of hydrogen-bond donors (Lipinski definition) is 0. The lowest BCUT2D eigenvalue weighted by Crippen LogP contribution is -1.85. The molecule has 0 radical (unpaired) electrons. The average molecular weight is 223 g/mol. The summed E-state index contributed by atoms with van der Waals surface area (Å²) in [5.74, 6) is 0.228. The number of hydrogen-bond acceptors (Lipinski definition) is 3. The van der Waals surface area contributed by atoms with Crippen molar-refractivity contribution in [2.75, 3.05) is 7.11 Å². The van der Waals surface area contributed by atoms with E-state index in [-0.39, 0.29) is 5.82 Å². The van der Waals surface area contributed by atoms with Crippen molar-refractivity contribution in [3.63, 3.8) is 0 Å². The zero-order chi connectivity index (χ0) is 10.8. The van der Waals surface area contributed by atoms with Gasteiger partial charge in [0.25, 0.3) is 0 Å². The number of nitrogens with zero attached hydrogens (tertiary/aromatic N) is 1. The van der Waals surface area contributed by atoms with Crippen LogP contribution < -0.4 is 4.74 Å². The van der Waals surface area contributed by atoms with Crippen molar-refractivity contribution in [1.29, 1.82) is 0 Å². The molecule has 1 aromatic heterocycles. The molecule has 15 heavy (non-hydrogen) atoms. The second kappa shape index (κ2) is 3.98. The predicted octanol–water partition coefficient (Wildman–Crippen LogP) is 3.27. The molecule has 0 saturated carbocycles. The maximum absolute atomic E-state index is 13.2. The van der Waals surface area contributed by atoms with E-state index in [1.807, 2.05) is 13.0 Å². The van der Waals surface area contributed by atoms with E-state index in [9.17, 15) is 4.39 Å². The highest BCUT2D eigenvalue weighted by atomic mass is 32.1. The van der Waals surface area contributed by atoms with Gasteiger partial charge in [-0.25, -0.2) is 4.39 Å². The Labute approximate surface area is 91.5 Å². The highest BCUT2D eigenvalue weighted by Crippen LogP contribution is 2.28. The maximum atomic E-state index is 13.2. The zero-order valence-corrected chi connectivity index (χ0v) is 9.27. The lowest BCUT2D eigenvalue weighted by molar-refractivity contribution is 0.411. The summed E-state index contributed by atoms with van der Waals surface area (Å²) >= 11 is 1.36. The van der Waals surface area contributed by atoms with Crippen molar-refractivity contribution < 1.29 is 9.13 Å². The largest absolute Gasteiger partial charge is 0.497 e. The van der Waals surface area contributed by atoms with Crippen LogP contribution in [-0.2, 0) is 0 Å². The summed E-state index contributed by atoms with van der Waals surface area (Å²) in [7, 11) is 1.52. The first kappa shape index (κ1) is 10.1. The molecule has 0 unspecified atom stereocenters. The average Bonchev–Trinajstić information content (AvgIpc) is 2.64. The third kappa shape index (κ3) is 2.15. The molecule has 0 fully saturated rings. The molecule has 0 spiro atoms. The van der Waals surface area contributed by atoms with Crippen molar-refractivity contribution >= 4 is 11.5 Å². The van der Waals surface area contributed by atoms with Crippen molar-refractivity contribution in [3.8, 4) is 16.2 Å². The van der Waals surface area contributed by atoms with Crippen LogP contribution in [0.15, 0.2) is 24.3 Å². The van der Waals surface area contributed by atoms with Crippen LogP contribution in [-0.4, -0.2) is 11.5 Å². The normalized spacial score (nSPS) is 10.3. The van der Waals surface area contributed by atoms with Gasteiger partial charge in [0.1, 0.15) is 11.6 Å². The van der Waals surface area contributed by atoms with Crippen LogP contribution in [0.3, 0.4) is 0 Å². The lowest BCUT2D eigenvalue weighted by Gasteiger charge is -2.02. The van der Waals surface area contributed by atoms with E-state index in [2.05, 4.69) is 4.37 Å². The number of rotatable bonds is 2. The molecule has 0 amide bonds. The lowest BCUT2D eigenvalue weighted by atomic mass is 10.1. The molecule has 4 heteroatoms. The molecule has 0 atom stereocenters. The minimum atomic E-state index is -0.296. The maximum Gasteiger partial charge on any atom is 0.127 e. The molecule has 0 aliphatic heterocycles. The van der Waals surface area contributed by atoms with Crippen LogP contribution in [0.2, 0.25) is 0 Å². The summed E-state index contributed by atoms with van der Waals surface area (Å²) < 4.78 is 22.4. The molecule has 0 bridgehead atoms. The van der Waals surface area contributed by atoms with Crippen LogP contribution in [0.25, 0.3) is 10.4 Å². The van der Waals surface area contributed by atoms with Gasteiger partial charge in [0.05, 0.1) is 17.7 Å². The number of methoxy groups -OCH3 is 1. The molecule has 1 aromatic carbocycles. The van der Waals surface area contributed by atoms with Gasteiger partial charge in [-0.05, 0) is 42.2 Å². The quantitative estimate of drug-likeness (QED) is 0.779. The van der Waals surface area contributed by atoms with E-state index < -0.39 is 0 Å². The Morgan fingerprint density at radius 3 is 2.67 bits per heavy atom. The SMILES string of the molecule is COc1cc(F)cc(-c2cc(C)ns2)c1. The Hall–Kier alpha value is -1.42. The molecule has 0 aliphatic rings. The number of benzene rings is 1. The topological polar surface area (TPSA) is 22.1 Å². The summed E-state index contributed by atoms with van der Waals surface area (Å²) in [6.45, 7) is 1.91. The van der Waals surface area contributed by atoms with Gasteiger partial charge < -0.3 is 4.74 Å². The number of ether oxygens (including phenoxy) is 1. The fourth-order valence-corrected chi connectivity index (χ4v) is 2.06. The van der Waals surface area contributed by atoms with Gasteiger partial charge in [-0.15, -0.1) is 0 Å². The number of halogens is 1. The Kier molecular flexibility index (Phi) is 2.68. The fourth-order valence-electron chi connectivity index (χ4n) is 1.32. The predicted molar refractivity (Wildman–Crippen MR) is 58.8 cm³/mol. The minimum absolute atomic E-state index is 0.296. The van der Waals surface area contributed by atoms with Gasteiger partial charge >= 0.3 is 0 Å². The third-order valence-electron chi connectivity index (χ3n) is 2.02. The van der Waals surface area contributed by atoms with Gasteiger partial charge in [-0.1, -0.05) is 0 Å². The Morgan fingerprint density at radius 1 is 1.27 bits per heavy atom. The number of aromatic nitrogens is 1. The van der Waals surface area contributed by atoms with Crippen molar-refractivity contribution in [2.24, 2.45) is 0 Å². The van der Waals surface area contributed by atoms with E-state index in [1.54, 1.807) is 6.07 Å². The molecule has 1 heterocycles. The smallest absolute Gasteiger partial charge is 0.127 e. The molecule has 2 aromatic rings. The fraction of sp³-hybridized carbons (Fsp3) is 0.182. The highest BCUT2D eigenvalue weighted by molar-refractivity contribution is 7.09. The summed E-state index contributed by atoms with van der Waals surface area (Å²) in [6.07, 6.45) is 0. The molecule has 0 aliphatic carbocycles. The summed E-state index contributed by atoms with van der Waals surface area (Å²) in [6, 6.07) is 6.57. The molecule has 2 rings (SSSR count). The van der Waals surface area contributed by atoms with Crippen LogP contribution >= 0.6 is 11.5 Å². The van der Waals surface area contributed by atoms with Crippen LogP contribution in [0.4, 0.5) is 4.39 Å². The van der Waals surface area contributed by atoms with Gasteiger partial charge in [-0.3, -0.25) is 0 Å². The third-order valence-corrected chi connectivity index (χ3v) is 2.95. The van der Waals surface area contributed by atoms with Crippen LogP contribution in [0.5, 0.6) is 5.75 Å². The first-order valence-corrected chi connectivity index (χ1v) is 5.24. The van der Waals surface area contributed by atoms with Gasteiger partial charge in [-0.2, -0.15) is 4.37 Å². The molecule has 2 nitrogen and oxygen atoms in total. The van der Waals surface area contributed by atoms with E-state index in [1.165, 1.54) is 30.8 Å². The Bertz CT molecular complexity index is 481. The first-order chi connectivity index (χ1) is 7.19. The van der Waals surface area contributed by atoms with Crippen molar-refractivity contribution in [1.82, 2.24) is 4.37 Å². The molecule has 0 N–H and O–H groups in total. The molecule has 0 saturated heterocycles. The zero-order valence-electron chi connectivity index (χ0n) is 8.45. The molecular weight excluding hydrogens is 213 g/mol. The number of aryl methyl sites for hydroxylation is 1. The van der Waals surface area contributed by atoms with Gasteiger partial charge in [0, 0.05) is 6.07 Å². The highest BCUT2D eigenvalue weighted by Gasteiger charge is 2.06. The van der Waals surface area contributed by atoms with Crippen LogP contribution in [0, 0.1) is 12.7 Å². The Balaban J connectivity index is 2.48. The van der Waals surface area contributed by atoms with E-state index in [0.717, 1.165) is 16.1 Å². The monoisotopic (exact) mass is 223 g/mol. The van der Waals surface area contributed by atoms with Gasteiger partial charge in [0.15, 0.2) is 0 Å². The first-order valence-electron chi connectivity index (χ1n) is 4.47. The van der Waals surface area contributed by atoms with E-state index >= 15 is 0 Å². The van der Waals surface area contributed by atoms with Crippen molar-refractivity contribution in [3.05, 3.63) is 35.8 Å². The minimum Gasteiger partial charge on any atom is -0.497 e. The summed E-state index contributed by atoms with van der Waals surface area (Å²) in [5.41, 5.74) is 1.75. The standard InChI is InChI=1S/C11H10FNOS/c1-7-3-11(15-13-7)8-4-9(12)6-10(5-8)14-2/h3-6H,1-2H3. The summed E-state index contributed by atoms with van der Waals surface area (Å²) in [4.78, 5) is 0.949.